The highest BCUT2D eigenvalue weighted by Crippen LogP contribution is 2.46. The quantitative estimate of drug-likeness (QED) is 0.229. The predicted molar refractivity (Wildman–Crippen MR) is 191 cm³/mol. The first-order chi connectivity index (χ1) is 25.5. The number of nitrogens with zero attached hydrogens (tertiary/aromatic N) is 10. The van der Waals surface area contributed by atoms with Gasteiger partial charge in [0.05, 0.1) is 45.3 Å². The normalized spacial score (nSPS) is 21.9. The van der Waals surface area contributed by atoms with E-state index in [0.717, 1.165) is 41.5 Å². The monoisotopic (exact) mass is 761 g/mol. The first-order valence-corrected chi connectivity index (χ1v) is 18.2. The molecule has 2 aromatic carbocycles. The smallest absolute Gasteiger partial charge is 0.347 e. The highest BCUT2D eigenvalue weighted by molar-refractivity contribution is 7.23. The third kappa shape index (κ3) is 5.83. The van der Waals surface area contributed by atoms with Crippen molar-refractivity contribution in [1.82, 2.24) is 34.8 Å². The number of anilines is 2. The van der Waals surface area contributed by atoms with Crippen molar-refractivity contribution in [1.29, 1.82) is 10.5 Å². The van der Waals surface area contributed by atoms with E-state index in [4.69, 9.17) is 27.1 Å². The molecule has 2 N–H and O–H groups in total. The summed E-state index contributed by atoms with van der Waals surface area (Å²) in [4.78, 5) is 27.9. The van der Waals surface area contributed by atoms with E-state index in [1.807, 2.05) is 6.07 Å². The summed E-state index contributed by atoms with van der Waals surface area (Å²) >= 11 is 7.75. The lowest BCUT2D eigenvalue weighted by molar-refractivity contribution is 0.107. The van der Waals surface area contributed by atoms with Crippen molar-refractivity contribution in [2.75, 3.05) is 50.0 Å². The van der Waals surface area contributed by atoms with Gasteiger partial charge in [0.1, 0.15) is 47.0 Å². The molecule has 8 rings (SSSR count). The van der Waals surface area contributed by atoms with Crippen LogP contribution in [0.5, 0.6) is 6.01 Å². The fraction of sp³-hybridized carbons (Fsp3) is 0.400. The molecule has 6 heterocycles. The van der Waals surface area contributed by atoms with E-state index in [1.165, 1.54) is 23.2 Å². The zero-order valence-electron chi connectivity index (χ0n) is 28.3. The summed E-state index contributed by atoms with van der Waals surface area (Å²) in [6.45, 7) is 3.32. The summed E-state index contributed by atoms with van der Waals surface area (Å²) in [5.41, 5.74) is 5.90. The van der Waals surface area contributed by atoms with E-state index in [-0.39, 0.29) is 85.6 Å². The zero-order chi connectivity index (χ0) is 37.2. The van der Waals surface area contributed by atoms with Gasteiger partial charge in [-0.2, -0.15) is 25.2 Å². The second-order valence-electron chi connectivity index (χ2n) is 13.6. The molecule has 0 unspecified atom stereocenters. The van der Waals surface area contributed by atoms with E-state index in [2.05, 4.69) is 26.3 Å². The van der Waals surface area contributed by atoms with Crippen LogP contribution in [0.2, 0.25) is 5.02 Å². The Morgan fingerprint density at radius 1 is 1.19 bits per heavy atom. The van der Waals surface area contributed by atoms with Gasteiger partial charge < -0.3 is 20.3 Å². The molecule has 3 aliphatic heterocycles. The maximum Gasteiger partial charge on any atom is 0.347 e. The summed E-state index contributed by atoms with van der Waals surface area (Å²) in [5, 5.41) is 28.3. The number of carbonyl (C=O) groups excluding carboxylic acids is 1. The molecule has 0 bridgehead atoms. The zero-order valence-corrected chi connectivity index (χ0v) is 29.9. The number of alkyl halides is 1. The number of carbonyl (C=O) groups is 1. The van der Waals surface area contributed by atoms with Gasteiger partial charge in [0.2, 0.25) is 0 Å². The Balaban J connectivity index is 1.25. The molecule has 3 fully saturated rings. The van der Waals surface area contributed by atoms with Crippen LogP contribution in [-0.2, 0) is 0 Å². The standard InChI is InChI=1S/C35H31ClF3N11O2S/c1-18-14-50(46-45-18)34(51)49-9-3-7-47(16-20(49)12-40)32-22-10-24(36)27(21-4-5-25(38)30-26(21)23(13-41)31(42)53-30)28(39)29(22)43-33(44-32)52-17-35-6-2-8-48(35)15-19(37)11-35/h4-5,10,14,19-20H,2-3,6-9,11,15-17,42H2,1H3/t19-,20-,35+/m1/s1. The van der Waals surface area contributed by atoms with E-state index >= 15 is 4.39 Å². The largest absolute Gasteiger partial charge is 0.461 e. The fourth-order valence-corrected chi connectivity index (χ4v) is 9.20. The first-order valence-electron chi connectivity index (χ1n) is 17.0. The number of rotatable bonds is 5. The van der Waals surface area contributed by atoms with Gasteiger partial charge in [-0.15, -0.1) is 16.4 Å². The van der Waals surface area contributed by atoms with Crippen molar-refractivity contribution >= 4 is 60.8 Å². The van der Waals surface area contributed by atoms with Crippen LogP contribution in [0.25, 0.3) is 32.1 Å². The average molecular weight is 762 g/mol. The molecule has 3 saturated heterocycles. The number of hydrogen-bond donors (Lipinski definition) is 1. The molecule has 1 amide bonds. The third-order valence-electron chi connectivity index (χ3n) is 10.4. The number of thiophene rings is 1. The lowest BCUT2D eigenvalue weighted by atomic mass is 9.95. The Labute approximate surface area is 309 Å². The van der Waals surface area contributed by atoms with Gasteiger partial charge in [0.25, 0.3) is 0 Å². The molecule has 0 saturated carbocycles. The van der Waals surface area contributed by atoms with Crippen LogP contribution < -0.4 is 15.4 Å². The molecule has 0 aliphatic carbocycles. The molecule has 5 aromatic rings. The molecule has 272 valence electrons. The molecule has 0 radical (unpaired) electrons. The highest BCUT2D eigenvalue weighted by Gasteiger charge is 2.49. The minimum Gasteiger partial charge on any atom is -0.461 e. The second-order valence-corrected chi connectivity index (χ2v) is 15.1. The van der Waals surface area contributed by atoms with E-state index in [1.54, 1.807) is 11.8 Å². The number of hydrogen-bond acceptors (Lipinski definition) is 12. The minimum atomic E-state index is -1.00. The van der Waals surface area contributed by atoms with Crippen LogP contribution >= 0.6 is 22.9 Å². The number of fused-ring (bicyclic) bond motifs is 3. The van der Waals surface area contributed by atoms with Gasteiger partial charge in [-0.25, -0.2) is 18.0 Å². The van der Waals surface area contributed by atoms with Crippen molar-refractivity contribution < 1.29 is 22.7 Å². The number of halogens is 4. The number of amides is 1. The maximum atomic E-state index is 17.2. The van der Waals surface area contributed by atoms with Gasteiger partial charge in [0, 0.05) is 42.4 Å². The summed E-state index contributed by atoms with van der Waals surface area (Å²) in [6, 6.07) is 6.55. The number of nitriles is 2. The minimum absolute atomic E-state index is 0.00201. The number of nitrogens with two attached hydrogens (primary N) is 1. The van der Waals surface area contributed by atoms with Crippen molar-refractivity contribution in [2.45, 2.75) is 50.4 Å². The Morgan fingerprint density at radius 2 is 2.02 bits per heavy atom. The van der Waals surface area contributed by atoms with Crippen LogP contribution in [0.1, 0.15) is 36.9 Å². The number of aryl methyl sites for hydroxylation is 1. The van der Waals surface area contributed by atoms with E-state index < -0.39 is 35.4 Å². The number of ether oxygens (including phenoxy) is 1. The molecule has 18 heteroatoms. The van der Waals surface area contributed by atoms with E-state index in [0.29, 0.717) is 25.2 Å². The van der Waals surface area contributed by atoms with Crippen molar-refractivity contribution in [3.63, 3.8) is 0 Å². The van der Waals surface area contributed by atoms with Crippen molar-refractivity contribution in [3.8, 4) is 29.3 Å². The third-order valence-corrected chi connectivity index (χ3v) is 11.7. The fourth-order valence-electron chi connectivity index (χ4n) is 7.96. The van der Waals surface area contributed by atoms with Crippen molar-refractivity contribution in [3.05, 3.63) is 52.3 Å². The Bertz CT molecular complexity index is 2390. The molecule has 3 atom stereocenters. The Kier molecular flexibility index (Phi) is 8.75. The van der Waals surface area contributed by atoms with Crippen LogP contribution in [0.3, 0.4) is 0 Å². The SMILES string of the molecule is Cc1cn(C(=O)N2CCCN(c3nc(OC[C@@]45CCCN4C[C@H](F)C5)nc4c(F)c(-c5ccc(F)c6sc(N)c(C#N)c56)c(Cl)cc34)C[C@H]2C#N)nn1. The van der Waals surface area contributed by atoms with Crippen molar-refractivity contribution in [2.24, 2.45) is 0 Å². The average Bonchev–Trinajstić information content (AvgIpc) is 3.86. The summed E-state index contributed by atoms with van der Waals surface area (Å²) < 4.78 is 54.1. The second kappa shape index (κ2) is 13.3. The topological polar surface area (TPSA) is 166 Å². The summed E-state index contributed by atoms with van der Waals surface area (Å²) in [5.74, 6) is -1.29. The van der Waals surface area contributed by atoms with E-state index in [9.17, 15) is 24.1 Å². The summed E-state index contributed by atoms with van der Waals surface area (Å²) in [7, 11) is 0. The molecule has 3 aromatic heterocycles. The molecule has 53 heavy (non-hydrogen) atoms. The summed E-state index contributed by atoms with van der Waals surface area (Å²) in [6.07, 6.45) is 2.78. The molecule has 3 aliphatic rings. The molecular formula is C35H31ClF3N11O2S. The van der Waals surface area contributed by atoms with Gasteiger partial charge in [-0.1, -0.05) is 22.9 Å². The van der Waals surface area contributed by atoms with Crippen LogP contribution in [0, 0.1) is 41.2 Å². The highest BCUT2D eigenvalue weighted by atomic mass is 35.5. The Morgan fingerprint density at radius 3 is 2.77 bits per heavy atom. The van der Waals surface area contributed by atoms with Gasteiger partial charge in [-0.05, 0) is 50.4 Å². The first kappa shape index (κ1) is 34.8. The molecular weight excluding hydrogens is 731 g/mol. The van der Waals surface area contributed by atoms with Gasteiger partial charge >= 0.3 is 12.0 Å². The molecule has 13 nitrogen and oxygen atoms in total. The van der Waals surface area contributed by atoms with Gasteiger partial charge in [0.15, 0.2) is 5.82 Å². The number of benzene rings is 2. The van der Waals surface area contributed by atoms with Crippen LogP contribution in [0.4, 0.5) is 28.8 Å². The maximum absolute atomic E-state index is 17.2. The Hall–Kier alpha value is -5.23. The van der Waals surface area contributed by atoms with Crippen LogP contribution in [0.15, 0.2) is 24.4 Å². The lowest BCUT2D eigenvalue weighted by Crippen LogP contribution is -2.45. The predicted octanol–water partition coefficient (Wildman–Crippen LogP) is 5.82. The van der Waals surface area contributed by atoms with Crippen LogP contribution in [-0.4, -0.2) is 97.9 Å². The molecule has 0 spiro atoms. The lowest BCUT2D eigenvalue weighted by Gasteiger charge is -2.31. The number of aromatic nitrogens is 5. The van der Waals surface area contributed by atoms with Gasteiger partial charge in [-0.3, -0.25) is 4.90 Å². The number of nitrogen functional groups attached to an aromatic ring is 1.